The van der Waals surface area contributed by atoms with Crippen molar-refractivity contribution in [3.8, 4) is 0 Å². The quantitative estimate of drug-likeness (QED) is 0.677. The number of hydrogen-bond acceptors (Lipinski definition) is 2. The number of hydrogen-bond donors (Lipinski definition) is 0. The average molecular weight is 229 g/mol. The van der Waals surface area contributed by atoms with E-state index in [0.717, 1.165) is 0 Å². The van der Waals surface area contributed by atoms with Crippen molar-refractivity contribution in [1.29, 1.82) is 0 Å². The van der Waals surface area contributed by atoms with Crippen LogP contribution < -0.4 is 4.90 Å². The fourth-order valence-electron chi connectivity index (χ4n) is 1.57. The maximum atomic E-state index is 4.54. The summed E-state index contributed by atoms with van der Waals surface area (Å²) in [7, 11) is 0. The van der Waals surface area contributed by atoms with Crippen molar-refractivity contribution in [2.45, 2.75) is 26.2 Å². The molecule has 0 N–H and O–H groups in total. The van der Waals surface area contributed by atoms with E-state index in [1.165, 1.54) is 42.7 Å². The molecule has 0 bridgehead atoms. The van der Waals surface area contributed by atoms with Gasteiger partial charge in [-0.15, -0.1) is 0 Å². The number of piperidine rings is 1. The molecule has 0 unspecified atom stereocenters. The van der Waals surface area contributed by atoms with Crippen LogP contribution in [0.2, 0.25) is 0 Å². The molecule has 2 heterocycles. The van der Waals surface area contributed by atoms with Gasteiger partial charge in [-0.25, -0.2) is 0 Å². The summed E-state index contributed by atoms with van der Waals surface area (Å²) in [6.45, 7) is 4.57. The van der Waals surface area contributed by atoms with E-state index in [0.29, 0.717) is 14.5 Å². The van der Waals surface area contributed by atoms with Crippen LogP contribution in [0.1, 0.15) is 25.0 Å². The van der Waals surface area contributed by atoms with Crippen molar-refractivity contribution in [1.82, 2.24) is 4.98 Å². The predicted octanol–water partition coefficient (Wildman–Crippen LogP) is 1.44. The van der Waals surface area contributed by atoms with Crippen molar-refractivity contribution in [3.63, 3.8) is 0 Å². The van der Waals surface area contributed by atoms with E-state index in [9.17, 15) is 0 Å². The number of aryl methyl sites for hydroxylation is 1. The first-order chi connectivity index (χ1) is 5.86. The van der Waals surface area contributed by atoms with Gasteiger partial charge < -0.3 is 0 Å². The summed E-state index contributed by atoms with van der Waals surface area (Å²) in [6, 6.07) is 0. The van der Waals surface area contributed by atoms with Crippen molar-refractivity contribution in [2.75, 3.05) is 18.0 Å². The first-order valence-corrected chi connectivity index (χ1v) is 6.38. The molecule has 1 aromatic rings. The van der Waals surface area contributed by atoms with E-state index in [4.69, 9.17) is 0 Å². The molecule has 0 aromatic carbocycles. The van der Waals surface area contributed by atoms with Crippen molar-refractivity contribution < 1.29 is 0 Å². The number of anilines is 1. The van der Waals surface area contributed by atoms with Crippen LogP contribution in [0.5, 0.6) is 0 Å². The second-order valence-corrected chi connectivity index (χ2v) is 5.07. The van der Waals surface area contributed by atoms with Gasteiger partial charge in [-0.05, 0) is 0 Å². The molecule has 1 saturated heterocycles. The molecule has 12 heavy (non-hydrogen) atoms. The second kappa shape index (κ2) is 3.63. The summed E-state index contributed by atoms with van der Waals surface area (Å²) in [6.07, 6.45) is 4.12. The van der Waals surface area contributed by atoms with Crippen LogP contribution >= 0.6 is 0 Å². The first kappa shape index (κ1) is 8.33. The Kier molecular flexibility index (Phi) is 2.52. The van der Waals surface area contributed by atoms with Crippen LogP contribution in [-0.2, 0) is 0 Å². The summed E-state index contributed by atoms with van der Waals surface area (Å²) >= 11 is 0.529. The standard InChI is InChI=1S/C9H14N2Se/c1-8-7-12-9(10-8)11-5-3-2-4-6-11/h7H,2-6H2,1H3. The Labute approximate surface area is 79.4 Å². The van der Waals surface area contributed by atoms with Crippen LogP contribution in [-0.4, -0.2) is 32.6 Å². The Morgan fingerprint density at radius 1 is 1.33 bits per heavy atom. The monoisotopic (exact) mass is 230 g/mol. The topological polar surface area (TPSA) is 16.1 Å². The molecule has 0 saturated carbocycles. The third kappa shape index (κ3) is 1.73. The fraction of sp³-hybridized carbons (Fsp3) is 0.667. The number of rotatable bonds is 1. The molecule has 2 nitrogen and oxygen atoms in total. The molecule has 0 aliphatic carbocycles. The van der Waals surface area contributed by atoms with Gasteiger partial charge >= 0.3 is 79.0 Å². The minimum absolute atomic E-state index is 0.529. The summed E-state index contributed by atoms with van der Waals surface area (Å²) < 4.78 is 1.36. The molecule has 0 spiro atoms. The zero-order valence-electron chi connectivity index (χ0n) is 7.42. The molecule has 2 rings (SSSR count). The molecule has 1 aliphatic rings. The van der Waals surface area contributed by atoms with E-state index in [1.807, 2.05) is 0 Å². The molecule has 1 fully saturated rings. The molecule has 0 atom stereocenters. The predicted molar refractivity (Wildman–Crippen MR) is 52.0 cm³/mol. The minimum atomic E-state index is 0.529. The maximum absolute atomic E-state index is 4.54. The van der Waals surface area contributed by atoms with Crippen LogP contribution in [0.4, 0.5) is 4.69 Å². The molecule has 66 valence electrons. The van der Waals surface area contributed by atoms with Gasteiger partial charge in [0.05, 0.1) is 0 Å². The van der Waals surface area contributed by atoms with Gasteiger partial charge in [-0.2, -0.15) is 0 Å². The van der Waals surface area contributed by atoms with Crippen LogP contribution in [0.25, 0.3) is 0 Å². The number of nitrogens with zero attached hydrogens (tertiary/aromatic N) is 2. The van der Waals surface area contributed by atoms with Gasteiger partial charge in [0, 0.05) is 0 Å². The molecule has 1 aromatic heterocycles. The third-order valence-corrected chi connectivity index (χ3v) is 4.37. The van der Waals surface area contributed by atoms with Gasteiger partial charge in [0.2, 0.25) is 0 Å². The fourth-order valence-corrected chi connectivity index (χ4v) is 3.37. The summed E-state index contributed by atoms with van der Waals surface area (Å²) in [5.74, 6) is 0. The Morgan fingerprint density at radius 2 is 2.08 bits per heavy atom. The zero-order chi connectivity index (χ0) is 8.39. The van der Waals surface area contributed by atoms with Gasteiger partial charge in [0.25, 0.3) is 0 Å². The Morgan fingerprint density at radius 3 is 2.67 bits per heavy atom. The SMILES string of the molecule is Cc1c[se]c(N2CCCCC2)n1. The van der Waals surface area contributed by atoms with Gasteiger partial charge in [-0.3, -0.25) is 0 Å². The first-order valence-electron chi connectivity index (χ1n) is 4.53. The van der Waals surface area contributed by atoms with E-state index < -0.39 is 0 Å². The van der Waals surface area contributed by atoms with Crippen molar-refractivity contribution in [3.05, 3.63) is 10.6 Å². The van der Waals surface area contributed by atoms with Gasteiger partial charge in [0.1, 0.15) is 0 Å². The Hall–Kier alpha value is -0.271. The molecule has 1 aliphatic heterocycles. The molecule has 0 radical (unpaired) electrons. The number of aromatic nitrogens is 1. The Bertz CT molecular complexity index is 251. The van der Waals surface area contributed by atoms with E-state index >= 15 is 0 Å². The Balaban J connectivity index is 2.08. The van der Waals surface area contributed by atoms with Crippen LogP contribution in [0.15, 0.2) is 4.94 Å². The van der Waals surface area contributed by atoms with E-state index in [2.05, 4.69) is 21.7 Å². The van der Waals surface area contributed by atoms with Crippen LogP contribution in [0, 0.1) is 6.92 Å². The van der Waals surface area contributed by atoms with Crippen molar-refractivity contribution >= 4 is 19.2 Å². The van der Waals surface area contributed by atoms with Crippen molar-refractivity contribution in [2.24, 2.45) is 0 Å². The molecular weight excluding hydrogens is 215 g/mol. The molecular formula is C9H14N2Se. The van der Waals surface area contributed by atoms with Crippen LogP contribution in [0.3, 0.4) is 0 Å². The normalized spacial score (nSPS) is 18.2. The van der Waals surface area contributed by atoms with E-state index in [1.54, 1.807) is 0 Å². The third-order valence-electron chi connectivity index (χ3n) is 2.23. The zero-order valence-corrected chi connectivity index (χ0v) is 9.13. The summed E-state index contributed by atoms with van der Waals surface area (Å²) in [5, 5.41) is 0. The summed E-state index contributed by atoms with van der Waals surface area (Å²) in [4.78, 5) is 9.29. The second-order valence-electron chi connectivity index (χ2n) is 3.32. The van der Waals surface area contributed by atoms with E-state index in [-0.39, 0.29) is 0 Å². The average Bonchev–Trinajstić information content (AvgIpc) is 2.54. The van der Waals surface area contributed by atoms with Gasteiger partial charge in [-0.1, -0.05) is 0 Å². The molecule has 0 amide bonds. The van der Waals surface area contributed by atoms with Gasteiger partial charge in [0.15, 0.2) is 0 Å². The molecule has 3 heteroatoms. The summed E-state index contributed by atoms with van der Waals surface area (Å²) in [5.41, 5.74) is 1.22.